The minimum atomic E-state index is -0.0494. The lowest BCUT2D eigenvalue weighted by atomic mass is 10.2. The van der Waals surface area contributed by atoms with Gasteiger partial charge < -0.3 is 24.6 Å². The van der Waals surface area contributed by atoms with Gasteiger partial charge in [0, 0.05) is 57.8 Å². The molecule has 1 N–H and O–H groups in total. The highest BCUT2D eigenvalue weighted by Crippen LogP contribution is 2.33. The molecule has 1 unspecified atom stereocenters. The molecule has 1 atom stereocenters. The monoisotopic (exact) mass is 443 g/mol. The number of amides is 1. The molecule has 0 saturated carbocycles. The van der Waals surface area contributed by atoms with Crippen molar-refractivity contribution >= 4 is 11.9 Å². The average molecular weight is 444 g/mol. The van der Waals surface area contributed by atoms with Gasteiger partial charge in [-0.1, -0.05) is 12.1 Å². The highest BCUT2D eigenvalue weighted by Gasteiger charge is 2.30. The van der Waals surface area contributed by atoms with E-state index in [2.05, 4.69) is 35.0 Å². The molecule has 2 saturated heterocycles. The largest absolute Gasteiger partial charge is 0.490 e. The fourth-order valence-electron chi connectivity index (χ4n) is 4.64. The van der Waals surface area contributed by atoms with E-state index in [1.165, 1.54) is 0 Å². The van der Waals surface area contributed by atoms with E-state index in [1.807, 2.05) is 17.0 Å². The molecule has 0 spiro atoms. The third-order valence-electron chi connectivity index (χ3n) is 6.52. The van der Waals surface area contributed by atoms with Gasteiger partial charge in [0.05, 0.1) is 25.8 Å². The lowest BCUT2D eigenvalue weighted by Crippen LogP contribution is -2.57. The zero-order valence-corrected chi connectivity index (χ0v) is 19.5. The zero-order valence-electron chi connectivity index (χ0n) is 19.5. The Kier molecular flexibility index (Phi) is 7.73. The van der Waals surface area contributed by atoms with Crippen molar-refractivity contribution in [2.45, 2.75) is 45.7 Å². The van der Waals surface area contributed by atoms with Crippen molar-refractivity contribution in [2.24, 2.45) is 4.99 Å². The number of likely N-dealkylation sites (tertiary alicyclic amines) is 1. The Bertz CT molecular complexity index is 801. The average Bonchev–Trinajstić information content (AvgIpc) is 3.26. The van der Waals surface area contributed by atoms with Gasteiger partial charge in [-0.2, -0.15) is 0 Å². The van der Waals surface area contributed by atoms with Gasteiger partial charge in [-0.05, 0) is 32.8 Å². The molecule has 0 aromatic heterocycles. The van der Waals surface area contributed by atoms with Gasteiger partial charge in [-0.25, -0.2) is 4.99 Å². The van der Waals surface area contributed by atoms with Crippen LogP contribution in [0.2, 0.25) is 0 Å². The predicted molar refractivity (Wildman–Crippen MR) is 125 cm³/mol. The number of hydrogen-bond donors (Lipinski definition) is 1. The first-order valence-corrected chi connectivity index (χ1v) is 12.1. The van der Waals surface area contributed by atoms with E-state index < -0.39 is 0 Å². The van der Waals surface area contributed by atoms with Gasteiger partial charge in [0.1, 0.15) is 0 Å². The summed E-state index contributed by atoms with van der Waals surface area (Å²) in [5.74, 6) is 2.83. The molecule has 3 aliphatic heterocycles. The molecule has 0 radical (unpaired) electrons. The zero-order chi connectivity index (χ0) is 22.3. The van der Waals surface area contributed by atoms with Gasteiger partial charge in [-0.15, -0.1) is 0 Å². The number of benzene rings is 1. The van der Waals surface area contributed by atoms with Gasteiger partial charge in [0.2, 0.25) is 5.91 Å². The van der Waals surface area contributed by atoms with Crippen LogP contribution in [-0.4, -0.2) is 91.6 Å². The van der Waals surface area contributed by atoms with Gasteiger partial charge in [0.15, 0.2) is 17.5 Å². The van der Waals surface area contributed by atoms with Crippen LogP contribution >= 0.6 is 0 Å². The number of carbonyl (C=O) groups is 1. The van der Waals surface area contributed by atoms with E-state index in [1.54, 1.807) is 0 Å². The van der Waals surface area contributed by atoms with Gasteiger partial charge >= 0.3 is 0 Å². The SMILES string of the molecule is CCNC(=NCc1cccc2c1OCCCO2)N1CCN(C(C)C(=O)N2CCCC2)CC1. The number of hydrogen-bond acceptors (Lipinski definition) is 5. The fraction of sp³-hybridized carbons (Fsp3) is 0.667. The molecule has 176 valence electrons. The number of carbonyl (C=O) groups excluding carboxylic acids is 1. The molecular weight excluding hydrogens is 406 g/mol. The predicted octanol–water partition coefficient (Wildman–Crippen LogP) is 1.94. The van der Waals surface area contributed by atoms with Crippen LogP contribution in [0.5, 0.6) is 11.5 Å². The lowest BCUT2D eigenvalue weighted by molar-refractivity contribution is -0.135. The first-order valence-electron chi connectivity index (χ1n) is 12.1. The summed E-state index contributed by atoms with van der Waals surface area (Å²) < 4.78 is 11.8. The fourth-order valence-corrected chi connectivity index (χ4v) is 4.64. The number of nitrogens with zero attached hydrogens (tertiary/aromatic N) is 4. The number of rotatable bonds is 5. The van der Waals surface area contributed by atoms with Crippen molar-refractivity contribution in [3.05, 3.63) is 23.8 Å². The Hall–Kier alpha value is -2.48. The molecule has 0 bridgehead atoms. The van der Waals surface area contributed by atoms with Crippen molar-refractivity contribution in [3.8, 4) is 11.5 Å². The van der Waals surface area contributed by atoms with Crippen molar-refractivity contribution in [1.29, 1.82) is 0 Å². The first-order chi connectivity index (χ1) is 15.7. The molecule has 8 nitrogen and oxygen atoms in total. The van der Waals surface area contributed by atoms with E-state index in [-0.39, 0.29) is 11.9 Å². The summed E-state index contributed by atoms with van der Waals surface area (Å²) in [6.07, 6.45) is 3.16. The van der Waals surface area contributed by atoms with Crippen LogP contribution in [0.3, 0.4) is 0 Å². The molecule has 0 aliphatic carbocycles. The van der Waals surface area contributed by atoms with Gasteiger partial charge in [-0.3, -0.25) is 9.69 Å². The summed E-state index contributed by atoms with van der Waals surface area (Å²) in [7, 11) is 0. The van der Waals surface area contributed by atoms with Gasteiger partial charge in [0.25, 0.3) is 0 Å². The molecular formula is C24H37N5O3. The Labute approximate surface area is 191 Å². The number of ether oxygens (including phenoxy) is 2. The maximum absolute atomic E-state index is 12.8. The highest BCUT2D eigenvalue weighted by molar-refractivity contribution is 5.82. The van der Waals surface area contributed by atoms with Crippen molar-refractivity contribution in [2.75, 3.05) is 59.0 Å². The maximum atomic E-state index is 12.8. The van der Waals surface area contributed by atoms with Crippen molar-refractivity contribution in [1.82, 2.24) is 20.0 Å². The summed E-state index contributed by atoms with van der Waals surface area (Å²) in [4.78, 5) is 24.3. The third-order valence-corrected chi connectivity index (χ3v) is 6.52. The Morgan fingerprint density at radius 3 is 2.53 bits per heavy atom. The molecule has 32 heavy (non-hydrogen) atoms. The molecule has 8 heteroatoms. The number of piperazine rings is 1. The second-order valence-electron chi connectivity index (χ2n) is 8.70. The summed E-state index contributed by atoms with van der Waals surface area (Å²) >= 11 is 0. The van der Waals surface area contributed by atoms with Crippen LogP contribution in [0.25, 0.3) is 0 Å². The summed E-state index contributed by atoms with van der Waals surface area (Å²) in [6, 6.07) is 5.97. The molecule has 1 aromatic rings. The van der Waals surface area contributed by atoms with E-state index in [9.17, 15) is 4.79 Å². The second kappa shape index (κ2) is 10.9. The highest BCUT2D eigenvalue weighted by atomic mass is 16.5. The number of fused-ring (bicyclic) bond motifs is 1. The van der Waals surface area contributed by atoms with Crippen LogP contribution in [0.1, 0.15) is 38.7 Å². The second-order valence-corrected chi connectivity index (χ2v) is 8.70. The standard InChI is InChI=1S/C24H37N5O3/c1-3-25-24(26-18-20-8-6-9-21-22(20)32-17-7-16-31-21)29-14-12-27(13-15-29)19(2)23(30)28-10-4-5-11-28/h6,8-9,19H,3-5,7,10-18H2,1-2H3,(H,25,26). The molecule has 4 rings (SSSR count). The number of aliphatic imine (C=N–C) groups is 1. The lowest BCUT2D eigenvalue weighted by Gasteiger charge is -2.39. The Morgan fingerprint density at radius 2 is 1.78 bits per heavy atom. The summed E-state index contributed by atoms with van der Waals surface area (Å²) in [5.41, 5.74) is 1.04. The first kappa shape index (κ1) is 22.7. The number of para-hydroxylation sites is 1. The van der Waals surface area contributed by atoms with Crippen LogP contribution in [-0.2, 0) is 11.3 Å². The summed E-state index contributed by atoms with van der Waals surface area (Å²) in [5, 5.41) is 3.44. The maximum Gasteiger partial charge on any atom is 0.239 e. The normalized spacial score (nSPS) is 20.8. The number of nitrogens with one attached hydrogen (secondary N) is 1. The molecule has 3 aliphatic rings. The van der Waals surface area contributed by atoms with E-state index >= 15 is 0 Å². The third kappa shape index (κ3) is 5.28. The minimum Gasteiger partial charge on any atom is -0.490 e. The number of guanidine groups is 1. The van der Waals surface area contributed by atoms with Crippen molar-refractivity contribution < 1.29 is 14.3 Å². The minimum absolute atomic E-state index is 0.0494. The topological polar surface area (TPSA) is 69.6 Å². The Morgan fingerprint density at radius 1 is 1.03 bits per heavy atom. The quantitative estimate of drug-likeness (QED) is 0.554. The van der Waals surface area contributed by atoms with E-state index in [0.717, 1.165) is 88.1 Å². The van der Waals surface area contributed by atoms with E-state index in [0.29, 0.717) is 19.8 Å². The Balaban J connectivity index is 1.37. The van der Waals surface area contributed by atoms with Crippen LogP contribution in [0.4, 0.5) is 0 Å². The molecule has 1 amide bonds. The smallest absolute Gasteiger partial charge is 0.239 e. The molecule has 3 heterocycles. The summed E-state index contributed by atoms with van der Waals surface area (Å²) in [6.45, 7) is 12.1. The van der Waals surface area contributed by atoms with Crippen LogP contribution in [0.15, 0.2) is 23.2 Å². The van der Waals surface area contributed by atoms with E-state index in [4.69, 9.17) is 14.5 Å². The van der Waals surface area contributed by atoms with Crippen LogP contribution < -0.4 is 14.8 Å². The molecule has 1 aromatic carbocycles. The molecule has 2 fully saturated rings. The van der Waals surface area contributed by atoms with Crippen molar-refractivity contribution in [3.63, 3.8) is 0 Å². The van der Waals surface area contributed by atoms with Crippen LogP contribution in [0, 0.1) is 0 Å².